The minimum absolute atomic E-state index is 0.000619. The first-order chi connectivity index (χ1) is 17.9. The van der Waals surface area contributed by atoms with Gasteiger partial charge >= 0.3 is 0 Å². The second-order valence-electron chi connectivity index (χ2n) is 8.91. The number of nitrogens with one attached hydrogen (secondary N) is 1. The summed E-state index contributed by atoms with van der Waals surface area (Å²) >= 11 is 12.0. The summed E-state index contributed by atoms with van der Waals surface area (Å²) in [6.07, 6.45) is 0. The van der Waals surface area contributed by atoms with Gasteiger partial charge in [0.25, 0.3) is 10.0 Å². The van der Waals surface area contributed by atoms with Gasteiger partial charge in [-0.25, -0.2) is 12.8 Å². The third-order valence-electron chi connectivity index (χ3n) is 5.67. The molecule has 3 aromatic carbocycles. The van der Waals surface area contributed by atoms with Gasteiger partial charge in [-0.2, -0.15) is 0 Å². The smallest absolute Gasteiger partial charge is 0.264 e. The van der Waals surface area contributed by atoms with Gasteiger partial charge in [0.2, 0.25) is 11.8 Å². The van der Waals surface area contributed by atoms with Gasteiger partial charge in [-0.1, -0.05) is 53.5 Å². The fourth-order valence-corrected chi connectivity index (χ4v) is 5.39. The second kappa shape index (κ2) is 12.6. The van der Waals surface area contributed by atoms with E-state index in [-0.39, 0.29) is 28.2 Å². The summed E-state index contributed by atoms with van der Waals surface area (Å²) in [5.74, 6) is -1.78. The van der Waals surface area contributed by atoms with Crippen molar-refractivity contribution in [1.82, 2.24) is 10.2 Å². The van der Waals surface area contributed by atoms with Crippen LogP contribution in [0.5, 0.6) is 0 Å². The molecule has 38 heavy (non-hydrogen) atoms. The molecule has 3 rings (SSSR count). The van der Waals surface area contributed by atoms with E-state index >= 15 is 0 Å². The summed E-state index contributed by atoms with van der Waals surface area (Å²) in [6.45, 7) is 4.51. The lowest BCUT2D eigenvalue weighted by atomic mass is 10.1. The van der Waals surface area contributed by atoms with Crippen LogP contribution in [0.15, 0.2) is 77.7 Å². The molecule has 0 aliphatic rings. The number of amides is 2. The molecule has 0 saturated heterocycles. The number of benzene rings is 3. The largest absolute Gasteiger partial charge is 0.352 e. The Labute approximate surface area is 232 Å². The predicted molar refractivity (Wildman–Crippen MR) is 147 cm³/mol. The number of halogens is 3. The second-order valence-corrected chi connectivity index (χ2v) is 11.6. The van der Waals surface area contributed by atoms with E-state index in [0.717, 1.165) is 16.4 Å². The van der Waals surface area contributed by atoms with Gasteiger partial charge < -0.3 is 10.2 Å². The van der Waals surface area contributed by atoms with Crippen LogP contribution < -0.4 is 9.62 Å². The summed E-state index contributed by atoms with van der Waals surface area (Å²) in [6, 6.07) is 16.6. The van der Waals surface area contributed by atoms with Gasteiger partial charge in [0.15, 0.2) is 0 Å². The van der Waals surface area contributed by atoms with Gasteiger partial charge in [0.1, 0.15) is 18.4 Å². The molecule has 1 atom stereocenters. The number of nitrogens with zero attached hydrogens (tertiary/aromatic N) is 2. The fourth-order valence-electron chi connectivity index (χ4n) is 3.66. The van der Waals surface area contributed by atoms with Crippen LogP contribution in [0.3, 0.4) is 0 Å². The molecular weight excluding hydrogens is 552 g/mol. The maximum atomic E-state index is 13.9. The van der Waals surface area contributed by atoms with Crippen LogP contribution in [0.2, 0.25) is 10.0 Å². The number of hydrogen-bond donors (Lipinski definition) is 1. The Balaban J connectivity index is 2.04. The summed E-state index contributed by atoms with van der Waals surface area (Å²) in [5.41, 5.74) is 0.688. The summed E-state index contributed by atoms with van der Waals surface area (Å²) in [7, 11) is -4.27. The molecule has 0 unspecified atom stereocenters. The predicted octanol–water partition coefficient (Wildman–Crippen LogP) is 5.27. The lowest BCUT2D eigenvalue weighted by Gasteiger charge is -2.32. The number of rotatable bonds is 10. The maximum Gasteiger partial charge on any atom is 0.264 e. The Morgan fingerprint density at radius 2 is 1.58 bits per heavy atom. The van der Waals surface area contributed by atoms with E-state index in [1.165, 1.54) is 23.1 Å². The van der Waals surface area contributed by atoms with Crippen LogP contribution in [-0.4, -0.2) is 43.8 Å². The van der Waals surface area contributed by atoms with Gasteiger partial charge in [-0.3, -0.25) is 13.9 Å². The third-order valence-corrected chi connectivity index (χ3v) is 8.00. The molecule has 0 fully saturated rings. The van der Waals surface area contributed by atoms with E-state index in [0.29, 0.717) is 10.6 Å². The van der Waals surface area contributed by atoms with Crippen LogP contribution >= 0.6 is 23.2 Å². The average molecular weight is 581 g/mol. The van der Waals surface area contributed by atoms with E-state index in [9.17, 15) is 22.4 Å². The molecule has 0 heterocycles. The van der Waals surface area contributed by atoms with Crippen LogP contribution in [0.1, 0.15) is 26.3 Å². The molecule has 0 radical (unpaired) electrons. The van der Waals surface area contributed by atoms with Crippen LogP contribution in [-0.2, 0) is 26.2 Å². The van der Waals surface area contributed by atoms with Crippen molar-refractivity contribution < 1.29 is 22.4 Å². The van der Waals surface area contributed by atoms with Crippen LogP contribution in [0.25, 0.3) is 0 Å². The van der Waals surface area contributed by atoms with Gasteiger partial charge in [0.05, 0.1) is 15.6 Å². The normalized spacial score (nSPS) is 12.2. The minimum Gasteiger partial charge on any atom is -0.352 e. The van der Waals surface area contributed by atoms with Crippen molar-refractivity contribution in [3.63, 3.8) is 0 Å². The molecule has 0 spiro atoms. The van der Waals surface area contributed by atoms with Crippen molar-refractivity contribution in [3.8, 4) is 0 Å². The molecule has 0 aromatic heterocycles. The van der Waals surface area contributed by atoms with Crippen LogP contribution in [0.4, 0.5) is 10.1 Å². The quantitative estimate of drug-likeness (QED) is 0.354. The molecule has 0 bridgehead atoms. The van der Waals surface area contributed by atoms with Crippen molar-refractivity contribution in [2.45, 2.75) is 44.3 Å². The topological polar surface area (TPSA) is 86.8 Å². The van der Waals surface area contributed by atoms with E-state index in [4.69, 9.17) is 23.2 Å². The van der Waals surface area contributed by atoms with E-state index in [1.807, 2.05) is 0 Å². The zero-order valence-corrected chi connectivity index (χ0v) is 23.4. The highest BCUT2D eigenvalue weighted by atomic mass is 35.5. The first-order valence-corrected chi connectivity index (χ1v) is 14.0. The fraction of sp³-hybridized carbons (Fsp3) is 0.259. The van der Waals surface area contributed by atoms with Gasteiger partial charge in [0, 0.05) is 17.6 Å². The summed E-state index contributed by atoms with van der Waals surface area (Å²) < 4.78 is 42.1. The average Bonchev–Trinajstić information content (AvgIpc) is 2.88. The zero-order chi connectivity index (χ0) is 28.0. The highest BCUT2D eigenvalue weighted by molar-refractivity contribution is 7.92. The van der Waals surface area contributed by atoms with Crippen LogP contribution in [0, 0.1) is 5.82 Å². The van der Waals surface area contributed by atoms with Gasteiger partial charge in [-0.05, 0) is 68.8 Å². The number of anilines is 1. The number of sulfonamides is 1. The molecular formula is C27H28Cl2FN3O4S. The van der Waals surface area contributed by atoms with Crippen molar-refractivity contribution in [2.75, 3.05) is 10.8 Å². The highest BCUT2D eigenvalue weighted by Crippen LogP contribution is 2.28. The van der Waals surface area contributed by atoms with E-state index < -0.39 is 40.2 Å². The first kappa shape index (κ1) is 29.4. The molecule has 0 saturated carbocycles. The first-order valence-electron chi connectivity index (χ1n) is 11.8. The number of carbonyl (C=O) groups is 2. The Hall–Kier alpha value is -3.14. The van der Waals surface area contributed by atoms with E-state index in [2.05, 4.69) is 5.32 Å². The Morgan fingerprint density at radius 3 is 2.16 bits per heavy atom. The molecule has 2 amide bonds. The van der Waals surface area contributed by atoms with Crippen molar-refractivity contribution in [1.29, 1.82) is 0 Å². The molecule has 1 N–H and O–H groups in total. The van der Waals surface area contributed by atoms with E-state index in [1.54, 1.807) is 63.2 Å². The summed E-state index contributed by atoms with van der Waals surface area (Å²) in [4.78, 5) is 27.9. The van der Waals surface area contributed by atoms with Gasteiger partial charge in [-0.15, -0.1) is 0 Å². The molecule has 0 aliphatic carbocycles. The van der Waals surface area contributed by atoms with Crippen molar-refractivity contribution in [3.05, 3.63) is 94.2 Å². The van der Waals surface area contributed by atoms with Crippen molar-refractivity contribution >= 4 is 50.7 Å². The van der Waals surface area contributed by atoms with Crippen molar-refractivity contribution in [2.24, 2.45) is 0 Å². The Kier molecular flexibility index (Phi) is 9.76. The number of hydrogen-bond acceptors (Lipinski definition) is 4. The third kappa shape index (κ3) is 7.24. The summed E-state index contributed by atoms with van der Waals surface area (Å²) in [5, 5.41) is 2.99. The lowest BCUT2D eigenvalue weighted by molar-refractivity contribution is -0.139. The molecule has 3 aromatic rings. The molecule has 11 heteroatoms. The lowest BCUT2D eigenvalue weighted by Crippen LogP contribution is -2.52. The molecule has 202 valence electrons. The molecule has 0 aliphatic heterocycles. The Morgan fingerprint density at radius 1 is 0.947 bits per heavy atom. The SMILES string of the molecule is CC(C)NC(=O)[C@H](C)N(Cc1ccc(Cl)cc1)C(=O)CN(c1ccc(F)c(Cl)c1)S(=O)(=O)c1ccccc1. The zero-order valence-electron chi connectivity index (χ0n) is 21.1. The molecule has 7 nitrogen and oxygen atoms in total. The monoisotopic (exact) mass is 579 g/mol. The maximum absolute atomic E-state index is 13.9. The standard InChI is InChI=1S/C27H28Cl2FN3O4S/c1-18(2)31-27(35)19(3)32(16-20-9-11-21(28)12-10-20)26(34)17-33(22-13-14-25(30)24(29)15-22)38(36,37)23-7-5-4-6-8-23/h4-15,18-19H,16-17H2,1-3H3,(H,31,35)/t19-/m0/s1. The number of carbonyl (C=O) groups excluding carboxylic acids is 2. The minimum atomic E-state index is -4.27. The Bertz CT molecular complexity index is 1390. The highest BCUT2D eigenvalue weighted by Gasteiger charge is 2.33.